The lowest BCUT2D eigenvalue weighted by atomic mass is 10.1. The van der Waals surface area contributed by atoms with Crippen LogP contribution in [0.15, 0.2) is 24.3 Å². The molecule has 0 saturated heterocycles. The molecule has 0 aliphatic carbocycles. The monoisotopic (exact) mass is 275 g/mol. The van der Waals surface area contributed by atoms with Crippen LogP contribution < -0.4 is 5.32 Å². The molecule has 0 fully saturated rings. The number of hydrogen-bond donors (Lipinski definition) is 1. The van der Waals surface area contributed by atoms with E-state index in [1.807, 2.05) is 31.3 Å². The highest BCUT2D eigenvalue weighted by Crippen LogP contribution is 2.21. The van der Waals surface area contributed by atoms with Gasteiger partial charge in [-0.25, -0.2) is 0 Å². The summed E-state index contributed by atoms with van der Waals surface area (Å²) >= 11 is 0. The van der Waals surface area contributed by atoms with Crippen LogP contribution in [0.5, 0.6) is 0 Å². The Morgan fingerprint density at radius 2 is 1.74 bits per heavy atom. The van der Waals surface area contributed by atoms with Crippen LogP contribution in [-0.2, 0) is 17.8 Å². The molecule has 0 aromatic heterocycles. The Morgan fingerprint density at radius 3 is 2.32 bits per heavy atom. The summed E-state index contributed by atoms with van der Waals surface area (Å²) in [5, 5.41) is 3.07. The van der Waals surface area contributed by atoms with E-state index >= 15 is 0 Å². The molecule has 0 bridgehead atoms. The maximum atomic E-state index is 11.9. The molecular weight excluding hydrogens is 255 g/mol. The first-order valence-corrected chi connectivity index (χ1v) is 6.38. The molecule has 2 nitrogen and oxygen atoms in total. The average Bonchev–Trinajstić information content (AvgIpc) is 2.36. The summed E-state index contributed by atoms with van der Waals surface area (Å²) in [7, 11) is 1.91. The number of rotatable bonds is 8. The van der Waals surface area contributed by atoms with Crippen molar-refractivity contribution < 1.29 is 17.9 Å². The third-order valence-corrected chi connectivity index (χ3v) is 2.70. The van der Waals surface area contributed by atoms with E-state index < -0.39 is 12.6 Å². The molecule has 0 aliphatic heterocycles. The molecule has 0 spiro atoms. The SMILES string of the molecule is CNCCc1ccc(COCCCC(F)(F)F)cc1. The summed E-state index contributed by atoms with van der Waals surface area (Å²) in [6, 6.07) is 7.95. The second-order valence-electron chi connectivity index (χ2n) is 4.44. The van der Waals surface area contributed by atoms with Crippen molar-refractivity contribution in [2.24, 2.45) is 0 Å². The molecule has 0 aliphatic rings. The third-order valence-electron chi connectivity index (χ3n) is 2.70. The number of alkyl halides is 3. The summed E-state index contributed by atoms with van der Waals surface area (Å²) < 4.78 is 40.9. The second-order valence-corrected chi connectivity index (χ2v) is 4.44. The van der Waals surface area contributed by atoms with Crippen LogP contribution in [0.25, 0.3) is 0 Å². The molecule has 1 rings (SSSR count). The minimum absolute atomic E-state index is 0.0176. The van der Waals surface area contributed by atoms with Gasteiger partial charge in [0.25, 0.3) is 0 Å². The predicted octanol–water partition coefficient (Wildman–Crippen LogP) is 3.31. The molecule has 19 heavy (non-hydrogen) atoms. The van der Waals surface area contributed by atoms with E-state index in [-0.39, 0.29) is 13.0 Å². The van der Waals surface area contributed by atoms with Crippen molar-refractivity contribution in [3.63, 3.8) is 0 Å². The Bertz CT molecular complexity index is 349. The highest BCUT2D eigenvalue weighted by atomic mass is 19.4. The molecule has 0 radical (unpaired) electrons. The fraction of sp³-hybridized carbons (Fsp3) is 0.571. The summed E-state index contributed by atoms with van der Waals surface area (Å²) in [5.74, 6) is 0. The summed E-state index contributed by atoms with van der Waals surface area (Å²) in [6.45, 7) is 1.43. The lowest BCUT2D eigenvalue weighted by molar-refractivity contribution is -0.138. The van der Waals surface area contributed by atoms with Crippen LogP contribution in [0.3, 0.4) is 0 Å². The van der Waals surface area contributed by atoms with Crippen LogP contribution in [0.2, 0.25) is 0 Å². The number of likely N-dealkylation sites (N-methyl/N-ethyl adjacent to an activating group) is 1. The summed E-state index contributed by atoms with van der Waals surface area (Å²) in [6.07, 6.45) is -3.89. The standard InChI is InChI=1S/C14H20F3NO/c1-18-9-7-12-3-5-13(6-4-12)11-19-10-2-8-14(15,16)17/h3-6,18H,2,7-11H2,1H3. The van der Waals surface area contributed by atoms with Gasteiger partial charge in [-0.15, -0.1) is 0 Å². The third kappa shape index (κ3) is 7.85. The molecule has 0 unspecified atom stereocenters. The molecule has 0 heterocycles. The maximum absolute atomic E-state index is 11.9. The van der Waals surface area contributed by atoms with Gasteiger partial charge in [0.05, 0.1) is 6.61 Å². The molecule has 0 amide bonds. The fourth-order valence-electron chi connectivity index (χ4n) is 1.64. The number of nitrogens with one attached hydrogen (secondary N) is 1. The van der Waals surface area contributed by atoms with Crippen molar-refractivity contribution in [3.8, 4) is 0 Å². The first-order chi connectivity index (χ1) is 9.01. The lowest BCUT2D eigenvalue weighted by Crippen LogP contribution is -2.10. The first-order valence-electron chi connectivity index (χ1n) is 6.38. The Balaban J connectivity index is 2.19. The van der Waals surface area contributed by atoms with Crippen molar-refractivity contribution in [2.75, 3.05) is 20.2 Å². The Morgan fingerprint density at radius 1 is 1.11 bits per heavy atom. The molecule has 0 atom stereocenters. The zero-order valence-corrected chi connectivity index (χ0v) is 11.1. The molecule has 1 N–H and O–H groups in total. The van der Waals surface area contributed by atoms with E-state index in [2.05, 4.69) is 5.32 Å². The van der Waals surface area contributed by atoms with Crippen LogP contribution in [-0.4, -0.2) is 26.4 Å². The predicted molar refractivity (Wildman–Crippen MR) is 69.0 cm³/mol. The highest BCUT2D eigenvalue weighted by Gasteiger charge is 2.25. The first kappa shape index (κ1) is 16.0. The van der Waals surface area contributed by atoms with Gasteiger partial charge in [0.2, 0.25) is 0 Å². The highest BCUT2D eigenvalue weighted by molar-refractivity contribution is 5.22. The van der Waals surface area contributed by atoms with Gasteiger partial charge < -0.3 is 10.1 Å². The zero-order chi connectivity index (χ0) is 14.1. The topological polar surface area (TPSA) is 21.3 Å². The van der Waals surface area contributed by atoms with Gasteiger partial charge in [-0.3, -0.25) is 0 Å². The minimum atomic E-state index is -4.08. The molecule has 0 saturated carbocycles. The fourth-order valence-corrected chi connectivity index (χ4v) is 1.64. The molecule has 108 valence electrons. The van der Waals surface area contributed by atoms with Crippen LogP contribution in [0.1, 0.15) is 24.0 Å². The molecular formula is C14H20F3NO. The molecule has 5 heteroatoms. The van der Waals surface area contributed by atoms with Gasteiger partial charge in [0.15, 0.2) is 0 Å². The van der Waals surface area contributed by atoms with Crippen molar-refractivity contribution in [1.82, 2.24) is 5.32 Å². The summed E-state index contributed by atoms with van der Waals surface area (Å²) in [4.78, 5) is 0. The van der Waals surface area contributed by atoms with Crippen molar-refractivity contribution >= 4 is 0 Å². The van der Waals surface area contributed by atoms with Crippen molar-refractivity contribution in [1.29, 1.82) is 0 Å². The quantitative estimate of drug-likeness (QED) is 0.735. The van der Waals surface area contributed by atoms with E-state index in [1.165, 1.54) is 5.56 Å². The van der Waals surface area contributed by atoms with E-state index in [9.17, 15) is 13.2 Å². The lowest BCUT2D eigenvalue weighted by Gasteiger charge is -2.07. The zero-order valence-electron chi connectivity index (χ0n) is 11.1. The Hall–Kier alpha value is -1.07. The van der Waals surface area contributed by atoms with Gasteiger partial charge in [-0.2, -0.15) is 13.2 Å². The molecule has 1 aromatic carbocycles. The van der Waals surface area contributed by atoms with E-state index in [1.54, 1.807) is 0 Å². The largest absolute Gasteiger partial charge is 0.389 e. The van der Waals surface area contributed by atoms with Gasteiger partial charge in [-0.05, 0) is 37.6 Å². The van der Waals surface area contributed by atoms with E-state index in [0.29, 0.717) is 6.61 Å². The van der Waals surface area contributed by atoms with Crippen molar-refractivity contribution in [3.05, 3.63) is 35.4 Å². The van der Waals surface area contributed by atoms with Crippen molar-refractivity contribution in [2.45, 2.75) is 32.0 Å². The van der Waals surface area contributed by atoms with Crippen LogP contribution in [0, 0.1) is 0 Å². The number of hydrogen-bond acceptors (Lipinski definition) is 2. The minimum Gasteiger partial charge on any atom is -0.377 e. The smallest absolute Gasteiger partial charge is 0.377 e. The number of benzene rings is 1. The van der Waals surface area contributed by atoms with Gasteiger partial charge >= 0.3 is 6.18 Å². The Kier molecular flexibility index (Phi) is 6.87. The maximum Gasteiger partial charge on any atom is 0.389 e. The van der Waals surface area contributed by atoms with Crippen LogP contribution >= 0.6 is 0 Å². The molecule has 1 aromatic rings. The van der Waals surface area contributed by atoms with E-state index in [4.69, 9.17) is 4.74 Å². The van der Waals surface area contributed by atoms with Gasteiger partial charge in [0.1, 0.15) is 0 Å². The normalized spacial score (nSPS) is 11.8. The summed E-state index contributed by atoms with van der Waals surface area (Å²) in [5.41, 5.74) is 2.22. The second kappa shape index (κ2) is 8.17. The number of ether oxygens (including phenoxy) is 1. The van der Waals surface area contributed by atoms with Crippen LogP contribution in [0.4, 0.5) is 13.2 Å². The van der Waals surface area contributed by atoms with Gasteiger partial charge in [0, 0.05) is 13.0 Å². The van der Waals surface area contributed by atoms with E-state index in [0.717, 1.165) is 18.5 Å². The number of halogens is 3. The Labute approximate surface area is 112 Å². The average molecular weight is 275 g/mol. The van der Waals surface area contributed by atoms with Gasteiger partial charge in [-0.1, -0.05) is 24.3 Å².